The van der Waals surface area contributed by atoms with Gasteiger partial charge in [-0.25, -0.2) is 0 Å². The van der Waals surface area contributed by atoms with E-state index in [0.29, 0.717) is 12.0 Å². The fourth-order valence-corrected chi connectivity index (χ4v) is 2.82. The molecular formula is C15H19NO3. The first-order valence-electron chi connectivity index (χ1n) is 6.32. The van der Waals surface area contributed by atoms with Crippen LogP contribution in [0.5, 0.6) is 0 Å². The summed E-state index contributed by atoms with van der Waals surface area (Å²) in [6.07, 6.45) is 5.04. The van der Waals surface area contributed by atoms with Crippen LogP contribution in [0.1, 0.15) is 32.6 Å². The summed E-state index contributed by atoms with van der Waals surface area (Å²) in [4.78, 5) is 23.2. The Kier molecular flexibility index (Phi) is 5.05. The van der Waals surface area contributed by atoms with Gasteiger partial charge in [-0.3, -0.25) is 9.59 Å². The van der Waals surface area contributed by atoms with E-state index in [4.69, 9.17) is 4.74 Å². The maximum Gasteiger partial charge on any atom is 0.327 e. The average Bonchev–Trinajstić information content (AvgIpc) is 2.71. The number of rotatable bonds is 6. The Balaban J connectivity index is 3.11. The summed E-state index contributed by atoms with van der Waals surface area (Å²) in [5.41, 5.74) is 0.151. The quantitative estimate of drug-likeness (QED) is 0.319. The molecule has 0 saturated carbocycles. The molecule has 0 N–H and O–H groups in total. The highest BCUT2D eigenvalue weighted by Gasteiger charge is 2.53. The van der Waals surface area contributed by atoms with Crippen LogP contribution in [-0.2, 0) is 14.3 Å². The predicted octanol–water partition coefficient (Wildman–Crippen LogP) is 2.56. The van der Waals surface area contributed by atoms with Gasteiger partial charge in [0.1, 0.15) is 6.29 Å². The van der Waals surface area contributed by atoms with E-state index in [1.807, 2.05) is 0 Å². The molecule has 1 aliphatic rings. The summed E-state index contributed by atoms with van der Waals surface area (Å²) in [6, 6.07) is 2.10. The zero-order chi connectivity index (χ0) is 14.5. The van der Waals surface area contributed by atoms with E-state index in [2.05, 4.69) is 12.6 Å². The highest BCUT2D eigenvalue weighted by molar-refractivity contribution is 5.87. The van der Waals surface area contributed by atoms with Gasteiger partial charge in [0.05, 0.1) is 13.2 Å². The van der Waals surface area contributed by atoms with Crippen LogP contribution in [0.3, 0.4) is 0 Å². The first kappa shape index (κ1) is 15.2. The Morgan fingerprint density at radius 2 is 2.37 bits per heavy atom. The number of carbonyl (C=O) groups excluding carboxylic acids is 2. The summed E-state index contributed by atoms with van der Waals surface area (Å²) >= 11 is 0. The third kappa shape index (κ3) is 2.60. The van der Waals surface area contributed by atoms with Crippen molar-refractivity contribution in [3.05, 3.63) is 23.8 Å². The minimum absolute atomic E-state index is 0.281. The molecule has 0 aromatic carbocycles. The standard InChI is InChI=1S/C15H19NO3/c1-4-5-6-7-13-12(9-17)11(2)8-15(13,10-16)14(18)19-3/h4,9,13H,1,5-8H2,2-3H3/t13-,15+/m1/s1. The van der Waals surface area contributed by atoms with Crippen LogP contribution >= 0.6 is 0 Å². The normalized spacial score (nSPS) is 25.8. The SMILES string of the molecule is C=CCCC[C@@H]1C(C=O)=C(C)C[C@@]1(C#N)C(=O)OC. The summed E-state index contributed by atoms with van der Waals surface area (Å²) in [6.45, 7) is 5.45. The van der Waals surface area contributed by atoms with Crippen molar-refractivity contribution in [2.45, 2.75) is 32.6 Å². The topological polar surface area (TPSA) is 67.2 Å². The maximum atomic E-state index is 12.0. The second-order valence-corrected chi connectivity index (χ2v) is 4.88. The van der Waals surface area contributed by atoms with Gasteiger partial charge in [-0.2, -0.15) is 5.26 Å². The Bertz CT molecular complexity index is 459. The summed E-state index contributed by atoms with van der Waals surface area (Å²) in [7, 11) is 1.27. The lowest BCUT2D eigenvalue weighted by Gasteiger charge is -2.26. The van der Waals surface area contributed by atoms with E-state index < -0.39 is 11.4 Å². The molecule has 4 heteroatoms. The molecule has 0 radical (unpaired) electrons. The molecule has 0 bridgehead atoms. The van der Waals surface area contributed by atoms with Crippen LogP contribution in [0.15, 0.2) is 23.8 Å². The molecule has 2 atom stereocenters. The summed E-state index contributed by atoms with van der Waals surface area (Å²) in [5, 5.41) is 9.46. The average molecular weight is 261 g/mol. The molecule has 1 aliphatic carbocycles. The van der Waals surface area contributed by atoms with Crippen molar-refractivity contribution in [2.75, 3.05) is 7.11 Å². The number of allylic oxidation sites excluding steroid dienone is 3. The second-order valence-electron chi connectivity index (χ2n) is 4.88. The van der Waals surface area contributed by atoms with Crippen molar-refractivity contribution >= 4 is 12.3 Å². The molecule has 0 aromatic heterocycles. The largest absolute Gasteiger partial charge is 0.468 e. The predicted molar refractivity (Wildman–Crippen MR) is 71.0 cm³/mol. The van der Waals surface area contributed by atoms with E-state index in [9.17, 15) is 14.9 Å². The zero-order valence-electron chi connectivity index (χ0n) is 11.4. The van der Waals surface area contributed by atoms with E-state index in [1.54, 1.807) is 13.0 Å². The Morgan fingerprint density at radius 1 is 1.68 bits per heavy atom. The van der Waals surface area contributed by atoms with E-state index >= 15 is 0 Å². The Morgan fingerprint density at radius 3 is 2.84 bits per heavy atom. The molecule has 0 fully saturated rings. The highest BCUT2D eigenvalue weighted by Crippen LogP contribution is 2.49. The first-order valence-corrected chi connectivity index (χ1v) is 6.32. The van der Waals surface area contributed by atoms with E-state index in [0.717, 1.165) is 24.7 Å². The highest BCUT2D eigenvalue weighted by atomic mass is 16.5. The monoisotopic (exact) mass is 261 g/mol. The third-order valence-electron chi connectivity index (χ3n) is 3.78. The van der Waals surface area contributed by atoms with E-state index in [1.165, 1.54) is 7.11 Å². The fourth-order valence-electron chi connectivity index (χ4n) is 2.82. The number of ether oxygens (including phenoxy) is 1. The number of unbranched alkanes of at least 4 members (excludes halogenated alkanes) is 1. The summed E-state index contributed by atoms with van der Waals surface area (Å²) in [5.74, 6) is -0.919. The van der Waals surface area contributed by atoms with Gasteiger partial charge in [0.15, 0.2) is 5.41 Å². The first-order chi connectivity index (χ1) is 9.07. The van der Waals surface area contributed by atoms with Gasteiger partial charge in [-0.1, -0.05) is 11.6 Å². The smallest absolute Gasteiger partial charge is 0.327 e. The maximum absolute atomic E-state index is 12.0. The lowest BCUT2D eigenvalue weighted by molar-refractivity contribution is -0.151. The molecule has 19 heavy (non-hydrogen) atoms. The van der Waals surface area contributed by atoms with Crippen molar-refractivity contribution < 1.29 is 14.3 Å². The van der Waals surface area contributed by atoms with Gasteiger partial charge >= 0.3 is 5.97 Å². The third-order valence-corrected chi connectivity index (χ3v) is 3.78. The zero-order valence-corrected chi connectivity index (χ0v) is 11.4. The molecular weight excluding hydrogens is 242 g/mol. The van der Waals surface area contributed by atoms with Crippen LogP contribution in [0.2, 0.25) is 0 Å². The number of hydrogen-bond acceptors (Lipinski definition) is 4. The van der Waals surface area contributed by atoms with Gasteiger partial charge in [-0.05, 0) is 38.2 Å². The molecule has 0 amide bonds. The van der Waals surface area contributed by atoms with Crippen molar-refractivity contribution in [2.24, 2.45) is 11.3 Å². The van der Waals surface area contributed by atoms with Crippen LogP contribution < -0.4 is 0 Å². The van der Waals surface area contributed by atoms with Crippen molar-refractivity contribution in [3.8, 4) is 6.07 Å². The van der Waals surface area contributed by atoms with Crippen molar-refractivity contribution in [1.29, 1.82) is 5.26 Å². The van der Waals surface area contributed by atoms with Crippen LogP contribution in [-0.4, -0.2) is 19.4 Å². The number of carbonyl (C=O) groups is 2. The van der Waals surface area contributed by atoms with Gasteiger partial charge in [0.2, 0.25) is 0 Å². The number of hydrogen-bond donors (Lipinski definition) is 0. The van der Waals surface area contributed by atoms with Crippen LogP contribution in [0.4, 0.5) is 0 Å². The number of nitrogens with zero attached hydrogens (tertiary/aromatic N) is 1. The number of methoxy groups -OCH3 is 1. The fraction of sp³-hybridized carbons (Fsp3) is 0.533. The van der Waals surface area contributed by atoms with Gasteiger partial charge in [0, 0.05) is 5.92 Å². The van der Waals surface area contributed by atoms with Gasteiger partial charge in [-0.15, -0.1) is 6.58 Å². The number of aldehydes is 1. The van der Waals surface area contributed by atoms with Gasteiger partial charge < -0.3 is 4.74 Å². The molecule has 0 saturated heterocycles. The lowest BCUT2D eigenvalue weighted by atomic mass is 9.74. The number of nitriles is 1. The molecule has 0 spiro atoms. The molecule has 1 rings (SSSR count). The van der Waals surface area contributed by atoms with Crippen LogP contribution in [0, 0.1) is 22.7 Å². The van der Waals surface area contributed by atoms with Crippen LogP contribution in [0.25, 0.3) is 0 Å². The minimum atomic E-state index is -1.24. The second kappa shape index (κ2) is 6.33. The molecule has 4 nitrogen and oxygen atoms in total. The summed E-state index contributed by atoms with van der Waals surface area (Å²) < 4.78 is 4.78. The van der Waals surface area contributed by atoms with E-state index in [-0.39, 0.29) is 12.3 Å². The van der Waals surface area contributed by atoms with Gasteiger partial charge in [0.25, 0.3) is 0 Å². The Labute approximate surface area is 113 Å². The minimum Gasteiger partial charge on any atom is -0.468 e. The molecule has 0 unspecified atom stereocenters. The molecule has 102 valence electrons. The lowest BCUT2D eigenvalue weighted by Crippen LogP contribution is -2.36. The Hall–Kier alpha value is -1.89. The van der Waals surface area contributed by atoms with Crippen molar-refractivity contribution in [1.82, 2.24) is 0 Å². The number of esters is 1. The molecule has 0 aromatic rings. The molecule has 0 heterocycles. The molecule has 0 aliphatic heterocycles. The van der Waals surface area contributed by atoms with Crippen molar-refractivity contribution in [3.63, 3.8) is 0 Å².